The molecule has 18 heavy (non-hydrogen) atoms. The smallest absolute Gasteiger partial charge is 0.356 e. The van der Waals surface area contributed by atoms with E-state index in [2.05, 4.69) is 9.97 Å². The minimum absolute atomic E-state index is 0.00185. The third kappa shape index (κ3) is 2.63. The maximum atomic E-state index is 11.1. The zero-order valence-corrected chi connectivity index (χ0v) is 11.1. The van der Waals surface area contributed by atoms with Gasteiger partial charge in [0.25, 0.3) is 0 Å². The van der Waals surface area contributed by atoms with Gasteiger partial charge in [-0.05, 0) is 18.6 Å². The summed E-state index contributed by atoms with van der Waals surface area (Å²) in [5.74, 6) is -1.08. The molecule has 7 heteroatoms. The Balaban J connectivity index is 2.48. The first-order valence-electron chi connectivity index (χ1n) is 5.04. The number of carboxylic acid groups (broad SMARTS) is 1. The number of rotatable bonds is 4. The summed E-state index contributed by atoms with van der Waals surface area (Å²) in [5, 5.41) is 21.2. The fourth-order valence-electron chi connectivity index (χ4n) is 1.27. The van der Waals surface area contributed by atoms with Crippen LogP contribution in [-0.4, -0.2) is 32.8 Å². The molecular weight excluding hydrogens is 272 g/mol. The Labute approximate surface area is 111 Å². The Bertz CT molecular complexity index is 587. The molecule has 0 bridgehead atoms. The second kappa shape index (κ2) is 5.38. The van der Waals surface area contributed by atoms with E-state index >= 15 is 0 Å². The maximum Gasteiger partial charge on any atom is 0.356 e. The Morgan fingerprint density at radius 2 is 2.28 bits per heavy atom. The largest absolute Gasteiger partial charge is 0.476 e. The predicted octanol–water partition coefficient (Wildman–Crippen LogP) is 2.36. The average molecular weight is 282 g/mol. The van der Waals surface area contributed by atoms with E-state index in [1.54, 1.807) is 19.2 Å². The summed E-state index contributed by atoms with van der Waals surface area (Å²) in [7, 11) is 0. The molecule has 0 spiro atoms. The first kappa shape index (κ1) is 12.9. The van der Waals surface area contributed by atoms with E-state index in [0.29, 0.717) is 20.5 Å². The summed E-state index contributed by atoms with van der Waals surface area (Å²) >= 11 is 2.67. The van der Waals surface area contributed by atoms with Crippen molar-refractivity contribution in [3.63, 3.8) is 0 Å². The lowest BCUT2D eigenvalue weighted by atomic mass is 10.2. The molecule has 0 aromatic carbocycles. The molecule has 0 saturated heterocycles. The topological polar surface area (TPSA) is 83.3 Å². The molecule has 2 N–H and O–H groups in total. The highest BCUT2D eigenvalue weighted by molar-refractivity contribution is 7.21. The van der Waals surface area contributed by atoms with Gasteiger partial charge in [0.15, 0.2) is 15.7 Å². The van der Waals surface area contributed by atoms with E-state index in [9.17, 15) is 4.79 Å². The van der Waals surface area contributed by atoms with Crippen LogP contribution in [0.25, 0.3) is 16.1 Å². The van der Waals surface area contributed by atoms with Gasteiger partial charge in [-0.3, -0.25) is 0 Å². The molecule has 0 fully saturated rings. The summed E-state index contributed by atoms with van der Waals surface area (Å²) in [6, 6.07) is 0. The predicted molar refractivity (Wildman–Crippen MR) is 70.9 cm³/mol. The fraction of sp³-hybridized carbons (Fsp3) is 0.182. The van der Waals surface area contributed by atoms with Gasteiger partial charge in [0.05, 0.1) is 11.5 Å². The molecule has 0 saturated carbocycles. The molecule has 2 rings (SSSR count). The third-order valence-corrected chi connectivity index (χ3v) is 4.02. The van der Waals surface area contributed by atoms with Crippen molar-refractivity contribution in [3.8, 4) is 10.0 Å². The highest BCUT2D eigenvalue weighted by Gasteiger charge is 2.18. The maximum absolute atomic E-state index is 11.1. The zero-order valence-electron chi connectivity index (χ0n) is 9.45. The summed E-state index contributed by atoms with van der Waals surface area (Å²) in [5.41, 5.74) is 0.685. The number of aliphatic hydroxyl groups excluding tert-OH is 1. The van der Waals surface area contributed by atoms with Gasteiger partial charge in [0, 0.05) is 11.6 Å². The summed E-state index contributed by atoms with van der Waals surface area (Å²) in [4.78, 5) is 19.8. The molecule has 0 atom stereocenters. The first-order chi connectivity index (χ1) is 8.61. The van der Waals surface area contributed by atoms with Gasteiger partial charge < -0.3 is 10.2 Å². The van der Waals surface area contributed by atoms with E-state index in [-0.39, 0.29) is 12.3 Å². The number of carbonyl (C=O) groups is 1. The Kier molecular flexibility index (Phi) is 3.85. The molecule has 0 unspecified atom stereocenters. The SMILES string of the molecule is CC(=Cc1sc(-c2nccs2)nc1C(=O)O)CO. The van der Waals surface area contributed by atoms with E-state index in [0.717, 1.165) is 0 Å². The van der Waals surface area contributed by atoms with E-state index in [1.165, 1.54) is 22.7 Å². The minimum atomic E-state index is -1.08. The number of hydrogen-bond acceptors (Lipinski definition) is 6. The van der Waals surface area contributed by atoms with Crippen LogP contribution in [0.4, 0.5) is 0 Å². The number of carboxylic acids is 1. The molecule has 94 valence electrons. The highest BCUT2D eigenvalue weighted by atomic mass is 32.1. The minimum Gasteiger partial charge on any atom is -0.476 e. The number of aromatic nitrogens is 2. The van der Waals surface area contributed by atoms with Crippen molar-refractivity contribution in [1.29, 1.82) is 0 Å². The van der Waals surface area contributed by atoms with Crippen LogP contribution in [0.2, 0.25) is 0 Å². The lowest BCUT2D eigenvalue weighted by Crippen LogP contribution is -1.99. The van der Waals surface area contributed by atoms with Crippen molar-refractivity contribution in [2.75, 3.05) is 6.61 Å². The molecule has 0 aliphatic heterocycles. The quantitative estimate of drug-likeness (QED) is 0.899. The van der Waals surface area contributed by atoms with Crippen LogP contribution in [0.5, 0.6) is 0 Å². The van der Waals surface area contributed by atoms with Gasteiger partial charge in [0.1, 0.15) is 0 Å². The molecular formula is C11H10N2O3S2. The van der Waals surface area contributed by atoms with Gasteiger partial charge >= 0.3 is 5.97 Å². The number of nitrogens with zero attached hydrogens (tertiary/aromatic N) is 2. The van der Waals surface area contributed by atoms with Crippen LogP contribution in [0, 0.1) is 0 Å². The van der Waals surface area contributed by atoms with Crippen LogP contribution < -0.4 is 0 Å². The Morgan fingerprint density at radius 3 is 2.83 bits per heavy atom. The zero-order chi connectivity index (χ0) is 13.1. The molecule has 2 aromatic rings. The summed E-state index contributed by atoms with van der Waals surface area (Å²) in [6.07, 6.45) is 3.29. The number of thiazole rings is 2. The molecule has 0 amide bonds. The lowest BCUT2D eigenvalue weighted by Gasteiger charge is -1.93. The highest BCUT2D eigenvalue weighted by Crippen LogP contribution is 2.30. The standard InChI is InChI=1S/C11H10N2O3S2/c1-6(5-14)4-7-8(11(15)16)13-10(18-7)9-12-2-3-17-9/h2-4,14H,5H2,1H3,(H,15,16). The van der Waals surface area contributed by atoms with Crippen molar-refractivity contribution in [1.82, 2.24) is 9.97 Å². The van der Waals surface area contributed by atoms with Crippen molar-refractivity contribution >= 4 is 34.7 Å². The second-order valence-electron chi connectivity index (χ2n) is 3.52. The van der Waals surface area contributed by atoms with E-state index < -0.39 is 5.97 Å². The van der Waals surface area contributed by atoms with Crippen LogP contribution >= 0.6 is 22.7 Å². The number of aromatic carboxylic acids is 1. The fourth-order valence-corrected chi connectivity index (χ4v) is 3.04. The van der Waals surface area contributed by atoms with Gasteiger partial charge in [-0.15, -0.1) is 22.7 Å². The summed E-state index contributed by atoms with van der Waals surface area (Å²) in [6.45, 7) is 1.62. The number of aliphatic hydroxyl groups is 1. The molecule has 2 aromatic heterocycles. The van der Waals surface area contributed by atoms with Crippen LogP contribution in [0.15, 0.2) is 17.2 Å². The first-order valence-corrected chi connectivity index (χ1v) is 6.73. The lowest BCUT2D eigenvalue weighted by molar-refractivity contribution is 0.0691. The van der Waals surface area contributed by atoms with Gasteiger partial charge in [-0.25, -0.2) is 14.8 Å². The second-order valence-corrected chi connectivity index (χ2v) is 5.45. The van der Waals surface area contributed by atoms with Gasteiger partial charge in [0.2, 0.25) is 0 Å². The van der Waals surface area contributed by atoms with Crippen LogP contribution in [0.3, 0.4) is 0 Å². The van der Waals surface area contributed by atoms with Crippen LogP contribution in [0.1, 0.15) is 22.3 Å². The molecule has 0 radical (unpaired) electrons. The molecule has 0 aliphatic rings. The van der Waals surface area contributed by atoms with Crippen molar-refractivity contribution in [2.24, 2.45) is 0 Å². The van der Waals surface area contributed by atoms with Crippen molar-refractivity contribution in [2.45, 2.75) is 6.92 Å². The number of hydrogen-bond donors (Lipinski definition) is 2. The third-order valence-electron chi connectivity index (χ3n) is 2.10. The van der Waals surface area contributed by atoms with Crippen LogP contribution in [-0.2, 0) is 0 Å². The molecule has 0 aliphatic carbocycles. The van der Waals surface area contributed by atoms with Gasteiger partial charge in [-0.1, -0.05) is 0 Å². The molecule has 2 heterocycles. The monoisotopic (exact) mass is 282 g/mol. The van der Waals surface area contributed by atoms with Crippen molar-refractivity contribution < 1.29 is 15.0 Å². The summed E-state index contributed by atoms with van der Waals surface area (Å²) < 4.78 is 0. The van der Waals surface area contributed by atoms with Gasteiger partial charge in [-0.2, -0.15) is 0 Å². The Morgan fingerprint density at radius 1 is 1.50 bits per heavy atom. The van der Waals surface area contributed by atoms with Crippen molar-refractivity contribution in [3.05, 3.63) is 27.7 Å². The average Bonchev–Trinajstić information content (AvgIpc) is 2.96. The van der Waals surface area contributed by atoms with E-state index in [1.807, 2.05) is 5.38 Å². The Hall–Kier alpha value is -1.57. The normalized spacial score (nSPS) is 11.8. The van der Waals surface area contributed by atoms with E-state index in [4.69, 9.17) is 10.2 Å². The molecule has 5 nitrogen and oxygen atoms in total.